The number of carbonyl (C=O) groups is 2. The van der Waals surface area contributed by atoms with Gasteiger partial charge in [-0.05, 0) is 63.5 Å². The van der Waals surface area contributed by atoms with E-state index in [1.807, 2.05) is 20.8 Å². The maximum Gasteiger partial charge on any atom is 0.410 e. The van der Waals surface area contributed by atoms with E-state index in [1.54, 1.807) is 4.90 Å². The van der Waals surface area contributed by atoms with Crippen LogP contribution in [-0.4, -0.2) is 41.1 Å². The summed E-state index contributed by atoms with van der Waals surface area (Å²) in [6.07, 6.45) is 4.19. The first kappa shape index (κ1) is 19.7. The quantitative estimate of drug-likeness (QED) is 0.849. The molecule has 3 rings (SSSR count). The van der Waals surface area contributed by atoms with E-state index in [0.29, 0.717) is 19.5 Å². The third-order valence-corrected chi connectivity index (χ3v) is 5.48. The van der Waals surface area contributed by atoms with Crippen LogP contribution in [0.5, 0.6) is 0 Å². The van der Waals surface area contributed by atoms with Crippen molar-refractivity contribution < 1.29 is 14.3 Å². The van der Waals surface area contributed by atoms with Crippen LogP contribution in [0.4, 0.5) is 4.79 Å². The monoisotopic (exact) mass is 372 g/mol. The molecule has 1 saturated heterocycles. The van der Waals surface area contributed by atoms with Crippen LogP contribution in [0.25, 0.3) is 0 Å². The number of benzene rings is 1. The summed E-state index contributed by atoms with van der Waals surface area (Å²) < 4.78 is 5.47. The van der Waals surface area contributed by atoms with Gasteiger partial charge in [-0.25, -0.2) is 4.79 Å². The number of likely N-dealkylation sites (tertiary alicyclic amines) is 1. The van der Waals surface area contributed by atoms with E-state index in [9.17, 15) is 9.59 Å². The van der Waals surface area contributed by atoms with Gasteiger partial charge >= 0.3 is 6.09 Å². The molecule has 1 saturated carbocycles. The molecule has 0 radical (unpaired) electrons. The Morgan fingerprint density at radius 1 is 1.22 bits per heavy atom. The molecule has 1 atom stereocenters. The van der Waals surface area contributed by atoms with E-state index < -0.39 is 5.60 Å². The van der Waals surface area contributed by atoms with E-state index >= 15 is 0 Å². The highest BCUT2D eigenvalue weighted by atomic mass is 16.6. The fraction of sp³-hybridized carbons (Fsp3) is 0.636. The second-order valence-corrected chi connectivity index (χ2v) is 9.03. The van der Waals surface area contributed by atoms with Crippen LogP contribution in [0.1, 0.15) is 70.4 Å². The SMILES string of the molecule is CCC1(NC(=O)Cc2ccc(C3CC3)cc2)CCN(C(=O)OC(C)(C)C)C1. The number of amides is 2. The minimum Gasteiger partial charge on any atom is -0.444 e. The highest BCUT2D eigenvalue weighted by Crippen LogP contribution is 2.39. The van der Waals surface area contributed by atoms with Crippen LogP contribution in [0.15, 0.2) is 24.3 Å². The molecule has 1 aliphatic carbocycles. The molecule has 2 amide bonds. The zero-order valence-electron chi connectivity index (χ0n) is 17.0. The molecule has 27 heavy (non-hydrogen) atoms. The standard InChI is InChI=1S/C22H32N2O3/c1-5-22(12-13-24(15-22)20(26)27-21(2,3)4)23-19(25)14-16-6-8-17(9-7-16)18-10-11-18/h6-9,18H,5,10-15H2,1-4H3,(H,23,25). The molecule has 5 nitrogen and oxygen atoms in total. The Morgan fingerprint density at radius 2 is 1.89 bits per heavy atom. The van der Waals surface area contributed by atoms with Gasteiger partial charge in [-0.2, -0.15) is 0 Å². The largest absolute Gasteiger partial charge is 0.444 e. The van der Waals surface area contributed by atoms with Crippen molar-refractivity contribution in [3.05, 3.63) is 35.4 Å². The van der Waals surface area contributed by atoms with Gasteiger partial charge in [0.05, 0.1) is 12.0 Å². The normalized spacial score (nSPS) is 22.6. The molecule has 1 heterocycles. The molecule has 0 spiro atoms. The molecule has 0 bridgehead atoms. The van der Waals surface area contributed by atoms with E-state index in [4.69, 9.17) is 4.74 Å². The van der Waals surface area contributed by atoms with Crippen LogP contribution < -0.4 is 5.32 Å². The molecule has 1 aromatic carbocycles. The van der Waals surface area contributed by atoms with E-state index in [1.165, 1.54) is 18.4 Å². The Bertz CT molecular complexity index is 689. The van der Waals surface area contributed by atoms with Crippen molar-refractivity contribution in [2.45, 2.75) is 76.9 Å². The highest BCUT2D eigenvalue weighted by molar-refractivity contribution is 5.79. The van der Waals surface area contributed by atoms with E-state index in [0.717, 1.165) is 24.3 Å². The van der Waals surface area contributed by atoms with Crippen molar-refractivity contribution in [1.29, 1.82) is 0 Å². The maximum atomic E-state index is 12.6. The topological polar surface area (TPSA) is 58.6 Å². The number of hydrogen-bond donors (Lipinski definition) is 1. The summed E-state index contributed by atoms with van der Waals surface area (Å²) in [5.74, 6) is 0.746. The predicted octanol–water partition coefficient (Wildman–Crippen LogP) is 4.01. The third-order valence-electron chi connectivity index (χ3n) is 5.48. The van der Waals surface area contributed by atoms with Crippen LogP contribution in [-0.2, 0) is 16.0 Å². The van der Waals surface area contributed by atoms with E-state index in [2.05, 4.69) is 36.5 Å². The van der Waals surface area contributed by atoms with Gasteiger partial charge in [-0.3, -0.25) is 4.79 Å². The average Bonchev–Trinajstić information content (AvgIpc) is 3.35. The van der Waals surface area contributed by atoms with Gasteiger partial charge in [-0.1, -0.05) is 31.2 Å². The summed E-state index contributed by atoms with van der Waals surface area (Å²) in [5, 5.41) is 3.20. The zero-order chi connectivity index (χ0) is 19.7. The van der Waals surface area contributed by atoms with Gasteiger partial charge in [0.25, 0.3) is 0 Å². The van der Waals surface area contributed by atoms with Crippen molar-refractivity contribution in [3.63, 3.8) is 0 Å². The van der Waals surface area contributed by atoms with Gasteiger partial charge in [0.15, 0.2) is 0 Å². The van der Waals surface area contributed by atoms with Crippen molar-refractivity contribution in [1.82, 2.24) is 10.2 Å². The number of nitrogens with zero attached hydrogens (tertiary/aromatic N) is 1. The summed E-state index contributed by atoms with van der Waals surface area (Å²) >= 11 is 0. The third kappa shape index (κ3) is 5.24. The lowest BCUT2D eigenvalue weighted by Gasteiger charge is -2.30. The molecule has 2 fully saturated rings. The fourth-order valence-electron chi connectivity index (χ4n) is 3.68. The molecule has 1 aliphatic heterocycles. The summed E-state index contributed by atoms with van der Waals surface area (Å²) in [7, 11) is 0. The van der Waals surface area contributed by atoms with Gasteiger partial charge in [-0.15, -0.1) is 0 Å². The zero-order valence-corrected chi connectivity index (χ0v) is 17.0. The number of hydrogen-bond acceptors (Lipinski definition) is 3. The number of rotatable bonds is 5. The predicted molar refractivity (Wildman–Crippen MR) is 106 cm³/mol. The maximum absolute atomic E-state index is 12.6. The molecule has 1 unspecified atom stereocenters. The van der Waals surface area contributed by atoms with Crippen molar-refractivity contribution in [2.75, 3.05) is 13.1 Å². The minimum absolute atomic E-state index is 0.0158. The smallest absolute Gasteiger partial charge is 0.410 e. The van der Waals surface area contributed by atoms with E-state index in [-0.39, 0.29) is 17.5 Å². The molecule has 0 aromatic heterocycles. The van der Waals surface area contributed by atoms with Crippen LogP contribution in [0.3, 0.4) is 0 Å². The Labute approximate surface area is 162 Å². The molecule has 148 valence electrons. The second-order valence-electron chi connectivity index (χ2n) is 9.03. The molecule has 2 aliphatic rings. The van der Waals surface area contributed by atoms with Gasteiger partial charge in [0.1, 0.15) is 5.60 Å². The van der Waals surface area contributed by atoms with Crippen molar-refractivity contribution >= 4 is 12.0 Å². The van der Waals surface area contributed by atoms with Gasteiger partial charge < -0.3 is 15.0 Å². The second kappa shape index (κ2) is 7.53. The van der Waals surface area contributed by atoms with Crippen molar-refractivity contribution in [2.24, 2.45) is 0 Å². The Hall–Kier alpha value is -2.04. The first-order chi connectivity index (χ1) is 12.7. The highest BCUT2D eigenvalue weighted by Gasteiger charge is 2.41. The van der Waals surface area contributed by atoms with Crippen LogP contribution in [0.2, 0.25) is 0 Å². The summed E-state index contributed by atoms with van der Waals surface area (Å²) in [6.45, 7) is 8.77. The lowest BCUT2D eigenvalue weighted by Crippen LogP contribution is -2.51. The number of ether oxygens (including phenoxy) is 1. The van der Waals surface area contributed by atoms with Crippen LogP contribution >= 0.6 is 0 Å². The Kier molecular flexibility index (Phi) is 5.50. The molecule has 1 aromatic rings. The number of nitrogens with one attached hydrogen (secondary N) is 1. The Balaban J connectivity index is 1.55. The lowest BCUT2D eigenvalue weighted by atomic mass is 9.94. The molecule has 1 N–H and O–H groups in total. The first-order valence-electron chi connectivity index (χ1n) is 10.1. The average molecular weight is 373 g/mol. The fourth-order valence-corrected chi connectivity index (χ4v) is 3.68. The molecule has 5 heteroatoms. The number of carbonyl (C=O) groups excluding carboxylic acids is 2. The summed E-state index contributed by atoms with van der Waals surface area (Å²) in [6, 6.07) is 8.42. The summed E-state index contributed by atoms with van der Waals surface area (Å²) in [5.41, 5.74) is 1.55. The van der Waals surface area contributed by atoms with Crippen molar-refractivity contribution in [3.8, 4) is 0 Å². The Morgan fingerprint density at radius 3 is 2.44 bits per heavy atom. The first-order valence-corrected chi connectivity index (χ1v) is 10.1. The minimum atomic E-state index is -0.509. The van der Waals surface area contributed by atoms with Gasteiger partial charge in [0.2, 0.25) is 5.91 Å². The lowest BCUT2D eigenvalue weighted by molar-refractivity contribution is -0.122. The van der Waals surface area contributed by atoms with Gasteiger partial charge in [0, 0.05) is 13.1 Å². The van der Waals surface area contributed by atoms with Crippen LogP contribution in [0, 0.1) is 0 Å². The molecular formula is C22H32N2O3. The summed E-state index contributed by atoms with van der Waals surface area (Å²) in [4.78, 5) is 26.7. The molecular weight excluding hydrogens is 340 g/mol.